The van der Waals surface area contributed by atoms with Crippen LogP contribution in [-0.4, -0.2) is 14.9 Å². The van der Waals surface area contributed by atoms with E-state index in [1.54, 1.807) is 0 Å². The predicted molar refractivity (Wildman–Crippen MR) is 90.0 cm³/mol. The van der Waals surface area contributed by atoms with E-state index in [0.717, 1.165) is 12.2 Å². The van der Waals surface area contributed by atoms with E-state index in [1.807, 2.05) is 35.1 Å². The van der Waals surface area contributed by atoms with Gasteiger partial charge in [0.05, 0.1) is 17.8 Å². The van der Waals surface area contributed by atoms with Crippen LogP contribution in [0.15, 0.2) is 42.6 Å². The van der Waals surface area contributed by atoms with Crippen molar-refractivity contribution < 1.29 is 0 Å². The number of aryl methyl sites for hydroxylation is 1. The molecule has 2 aromatic rings. The summed E-state index contributed by atoms with van der Waals surface area (Å²) in [5.41, 5.74) is 2.35. The van der Waals surface area contributed by atoms with Gasteiger partial charge in [-0.25, -0.2) is 0 Å². The molecule has 0 fully saturated rings. The van der Waals surface area contributed by atoms with Gasteiger partial charge in [-0.05, 0) is 44.6 Å². The average Bonchev–Trinajstić information content (AvgIpc) is 2.96. The maximum atomic E-state index is 5.41. The Kier molecular flexibility index (Phi) is 5.33. The van der Waals surface area contributed by atoms with E-state index < -0.39 is 0 Å². The molecule has 0 aliphatic carbocycles. The molecule has 2 rings (SSSR count). The first-order chi connectivity index (χ1) is 10.1. The van der Waals surface area contributed by atoms with Crippen LogP contribution < -0.4 is 10.6 Å². The van der Waals surface area contributed by atoms with Crippen molar-refractivity contribution >= 4 is 17.3 Å². The number of benzene rings is 1. The van der Waals surface area contributed by atoms with Crippen LogP contribution in [0.4, 0.5) is 0 Å². The molecular weight excluding hydrogens is 280 g/mol. The lowest BCUT2D eigenvalue weighted by molar-refractivity contribution is 0.559. The van der Waals surface area contributed by atoms with Crippen LogP contribution in [0.5, 0.6) is 0 Å². The molecule has 2 unspecified atom stereocenters. The minimum absolute atomic E-state index is 0.121. The van der Waals surface area contributed by atoms with Gasteiger partial charge in [-0.3, -0.25) is 4.68 Å². The standard InChI is InChI=1S/C16H22N4S/c1-4-20-15(10-11-17-20)13(3)19-16(21)18-12(2)14-8-6-5-7-9-14/h5-13H,4H2,1-3H3,(H2,18,19,21). The third-order valence-electron chi connectivity index (χ3n) is 3.49. The largest absolute Gasteiger partial charge is 0.356 e. The summed E-state index contributed by atoms with van der Waals surface area (Å²) in [4.78, 5) is 0. The molecule has 1 heterocycles. The summed E-state index contributed by atoms with van der Waals surface area (Å²) < 4.78 is 1.97. The molecule has 4 nitrogen and oxygen atoms in total. The zero-order valence-corrected chi connectivity index (χ0v) is 13.5. The molecule has 1 aromatic heterocycles. The zero-order chi connectivity index (χ0) is 15.2. The third kappa shape index (κ3) is 4.04. The quantitative estimate of drug-likeness (QED) is 0.832. The van der Waals surface area contributed by atoms with Crippen LogP contribution in [0, 0.1) is 0 Å². The number of nitrogens with zero attached hydrogens (tertiary/aromatic N) is 2. The van der Waals surface area contributed by atoms with E-state index in [4.69, 9.17) is 12.2 Å². The van der Waals surface area contributed by atoms with Gasteiger partial charge < -0.3 is 10.6 Å². The van der Waals surface area contributed by atoms with E-state index in [1.165, 1.54) is 5.56 Å². The lowest BCUT2D eigenvalue weighted by atomic mass is 10.1. The first-order valence-electron chi connectivity index (χ1n) is 7.25. The smallest absolute Gasteiger partial charge is 0.167 e. The summed E-state index contributed by atoms with van der Waals surface area (Å²) in [6, 6.07) is 12.6. The van der Waals surface area contributed by atoms with Gasteiger partial charge in [0.15, 0.2) is 5.11 Å². The lowest BCUT2D eigenvalue weighted by Crippen LogP contribution is -2.38. The van der Waals surface area contributed by atoms with Crippen molar-refractivity contribution in [2.45, 2.75) is 39.4 Å². The number of hydrogen-bond donors (Lipinski definition) is 2. The monoisotopic (exact) mass is 302 g/mol. The highest BCUT2D eigenvalue weighted by atomic mass is 32.1. The van der Waals surface area contributed by atoms with Gasteiger partial charge in [-0.15, -0.1) is 0 Å². The second-order valence-corrected chi connectivity index (χ2v) is 5.45. The molecule has 2 N–H and O–H groups in total. The molecule has 0 radical (unpaired) electrons. The number of nitrogens with one attached hydrogen (secondary N) is 2. The van der Waals surface area contributed by atoms with Crippen molar-refractivity contribution in [3.05, 3.63) is 53.9 Å². The Morgan fingerprint density at radius 2 is 1.81 bits per heavy atom. The molecule has 0 amide bonds. The van der Waals surface area contributed by atoms with E-state index in [2.05, 4.69) is 48.6 Å². The molecule has 0 saturated carbocycles. The van der Waals surface area contributed by atoms with Crippen LogP contribution in [0.1, 0.15) is 44.1 Å². The SMILES string of the molecule is CCn1nccc1C(C)NC(=S)NC(C)c1ccccc1. The summed E-state index contributed by atoms with van der Waals surface area (Å²) >= 11 is 5.41. The van der Waals surface area contributed by atoms with E-state index >= 15 is 0 Å². The highest BCUT2D eigenvalue weighted by Gasteiger charge is 2.13. The molecule has 112 valence electrons. The minimum Gasteiger partial charge on any atom is -0.356 e. The van der Waals surface area contributed by atoms with Crippen molar-refractivity contribution in [1.29, 1.82) is 0 Å². The number of hydrogen-bond acceptors (Lipinski definition) is 2. The highest BCUT2D eigenvalue weighted by Crippen LogP contribution is 2.13. The average molecular weight is 302 g/mol. The fourth-order valence-electron chi connectivity index (χ4n) is 2.31. The van der Waals surface area contributed by atoms with Gasteiger partial charge in [0, 0.05) is 12.7 Å². The molecule has 5 heteroatoms. The summed E-state index contributed by atoms with van der Waals surface area (Å²) in [7, 11) is 0. The molecule has 0 saturated heterocycles. The minimum atomic E-state index is 0.121. The van der Waals surface area contributed by atoms with Crippen LogP contribution in [0.2, 0.25) is 0 Å². The van der Waals surface area contributed by atoms with Crippen molar-refractivity contribution in [3.8, 4) is 0 Å². The maximum Gasteiger partial charge on any atom is 0.167 e. The van der Waals surface area contributed by atoms with E-state index in [0.29, 0.717) is 5.11 Å². The van der Waals surface area contributed by atoms with Crippen molar-refractivity contribution in [3.63, 3.8) is 0 Å². The Morgan fingerprint density at radius 3 is 2.48 bits per heavy atom. The van der Waals surface area contributed by atoms with Gasteiger partial charge in [0.2, 0.25) is 0 Å². The molecule has 0 aliphatic heterocycles. The van der Waals surface area contributed by atoms with Gasteiger partial charge in [0.1, 0.15) is 0 Å². The maximum absolute atomic E-state index is 5.41. The third-order valence-corrected chi connectivity index (χ3v) is 3.72. The molecule has 2 atom stereocenters. The lowest BCUT2D eigenvalue weighted by Gasteiger charge is -2.21. The molecule has 0 aliphatic rings. The molecule has 21 heavy (non-hydrogen) atoms. The molecular formula is C16H22N4S. The summed E-state index contributed by atoms with van der Waals surface area (Å²) in [5, 5.41) is 11.6. The second-order valence-electron chi connectivity index (χ2n) is 5.04. The van der Waals surface area contributed by atoms with E-state index in [-0.39, 0.29) is 12.1 Å². The first-order valence-corrected chi connectivity index (χ1v) is 7.66. The Labute approximate surface area is 131 Å². The zero-order valence-electron chi connectivity index (χ0n) is 12.7. The van der Waals surface area contributed by atoms with Gasteiger partial charge in [-0.1, -0.05) is 30.3 Å². The molecule has 0 bridgehead atoms. The Morgan fingerprint density at radius 1 is 1.14 bits per heavy atom. The van der Waals surface area contributed by atoms with Crippen LogP contribution in [-0.2, 0) is 6.54 Å². The topological polar surface area (TPSA) is 41.9 Å². The van der Waals surface area contributed by atoms with E-state index in [9.17, 15) is 0 Å². The summed E-state index contributed by atoms with van der Waals surface area (Å²) in [6.45, 7) is 7.13. The van der Waals surface area contributed by atoms with Gasteiger partial charge in [-0.2, -0.15) is 5.10 Å². The summed E-state index contributed by atoms with van der Waals surface area (Å²) in [6.07, 6.45) is 1.82. The summed E-state index contributed by atoms with van der Waals surface area (Å²) in [5.74, 6) is 0. The van der Waals surface area contributed by atoms with Crippen LogP contribution in [0.3, 0.4) is 0 Å². The van der Waals surface area contributed by atoms with Gasteiger partial charge in [0.25, 0.3) is 0 Å². The van der Waals surface area contributed by atoms with Crippen molar-refractivity contribution in [1.82, 2.24) is 20.4 Å². The fraction of sp³-hybridized carbons (Fsp3) is 0.375. The fourth-order valence-corrected chi connectivity index (χ4v) is 2.66. The Bertz CT molecular complexity index is 579. The van der Waals surface area contributed by atoms with Crippen molar-refractivity contribution in [2.24, 2.45) is 0 Å². The number of rotatable bonds is 5. The van der Waals surface area contributed by atoms with Crippen LogP contribution >= 0.6 is 12.2 Å². The number of aromatic nitrogens is 2. The predicted octanol–water partition coefficient (Wildman–Crippen LogP) is 3.19. The van der Waals surface area contributed by atoms with Crippen LogP contribution in [0.25, 0.3) is 0 Å². The highest BCUT2D eigenvalue weighted by molar-refractivity contribution is 7.80. The first kappa shape index (κ1) is 15.5. The second kappa shape index (κ2) is 7.22. The Hall–Kier alpha value is -1.88. The molecule has 0 spiro atoms. The molecule has 1 aromatic carbocycles. The van der Waals surface area contributed by atoms with Crippen molar-refractivity contribution in [2.75, 3.05) is 0 Å². The Balaban J connectivity index is 1.93. The normalized spacial score (nSPS) is 13.5. The van der Waals surface area contributed by atoms with Gasteiger partial charge >= 0.3 is 0 Å². The number of thiocarbonyl (C=S) groups is 1.